The summed E-state index contributed by atoms with van der Waals surface area (Å²) in [6.45, 7) is 1.22. The average Bonchev–Trinajstić information content (AvgIpc) is 2.71. The van der Waals surface area contributed by atoms with Crippen molar-refractivity contribution in [1.29, 1.82) is 0 Å². The maximum atomic E-state index is 11.8. The molecular formula is C14H18N2O4. The molecule has 0 saturated heterocycles. The molecule has 6 nitrogen and oxygen atoms in total. The molecule has 2 rings (SSSR count). The number of fused-ring (bicyclic) bond motifs is 1. The number of carbonyl (C=O) groups is 1. The van der Waals surface area contributed by atoms with Gasteiger partial charge in [-0.25, -0.2) is 4.79 Å². The van der Waals surface area contributed by atoms with Crippen LogP contribution in [0.1, 0.15) is 12.0 Å². The Labute approximate surface area is 116 Å². The van der Waals surface area contributed by atoms with Gasteiger partial charge in [-0.15, -0.1) is 0 Å². The van der Waals surface area contributed by atoms with Gasteiger partial charge in [0.2, 0.25) is 5.91 Å². The molecule has 0 bridgehead atoms. The first kappa shape index (κ1) is 14.3. The highest BCUT2D eigenvalue weighted by molar-refractivity contribution is 5.81. The molecule has 6 heteroatoms. The molecule has 108 valence electrons. The Hall–Kier alpha value is -2.08. The highest BCUT2D eigenvalue weighted by Crippen LogP contribution is 2.14. The number of aryl methyl sites for hydroxylation is 1. The van der Waals surface area contributed by atoms with E-state index in [0.717, 1.165) is 12.0 Å². The first-order chi connectivity index (χ1) is 9.61. The standard InChI is InChI=1S/C14H18N2O4/c1-16-11-8-10(4-5-12(11)20-14(16)18)9-13(17)15-6-3-7-19-2/h4-5,8H,3,6-7,9H2,1-2H3,(H,15,17). The average molecular weight is 278 g/mol. The van der Waals surface area contributed by atoms with Crippen LogP contribution in [0.2, 0.25) is 0 Å². The van der Waals surface area contributed by atoms with Gasteiger partial charge < -0.3 is 14.5 Å². The molecule has 0 aliphatic rings. The van der Waals surface area contributed by atoms with Gasteiger partial charge in [0, 0.05) is 27.3 Å². The summed E-state index contributed by atoms with van der Waals surface area (Å²) in [7, 11) is 3.27. The van der Waals surface area contributed by atoms with Gasteiger partial charge in [-0.05, 0) is 24.1 Å². The predicted molar refractivity (Wildman–Crippen MR) is 74.7 cm³/mol. The van der Waals surface area contributed by atoms with Crippen molar-refractivity contribution in [3.8, 4) is 0 Å². The number of benzene rings is 1. The maximum Gasteiger partial charge on any atom is 0.419 e. The molecule has 0 spiro atoms. The lowest BCUT2D eigenvalue weighted by molar-refractivity contribution is -0.120. The zero-order valence-electron chi connectivity index (χ0n) is 11.6. The number of ether oxygens (including phenoxy) is 1. The van der Waals surface area contributed by atoms with E-state index < -0.39 is 5.76 Å². The van der Waals surface area contributed by atoms with Crippen LogP contribution in [0.15, 0.2) is 27.4 Å². The zero-order chi connectivity index (χ0) is 14.5. The minimum Gasteiger partial charge on any atom is -0.408 e. The number of hydrogen-bond donors (Lipinski definition) is 1. The smallest absolute Gasteiger partial charge is 0.408 e. The number of rotatable bonds is 6. The highest BCUT2D eigenvalue weighted by Gasteiger charge is 2.08. The van der Waals surface area contributed by atoms with Gasteiger partial charge >= 0.3 is 5.76 Å². The first-order valence-electron chi connectivity index (χ1n) is 6.46. The zero-order valence-corrected chi connectivity index (χ0v) is 11.6. The van der Waals surface area contributed by atoms with Crippen LogP contribution in [-0.2, 0) is 23.0 Å². The van der Waals surface area contributed by atoms with Gasteiger partial charge in [-0.2, -0.15) is 0 Å². The third-order valence-electron chi connectivity index (χ3n) is 3.07. The van der Waals surface area contributed by atoms with Gasteiger partial charge in [0.05, 0.1) is 11.9 Å². The van der Waals surface area contributed by atoms with E-state index in [1.807, 2.05) is 0 Å². The lowest BCUT2D eigenvalue weighted by Crippen LogP contribution is -2.26. The van der Waals surface area contributed by atoms with Crippen molar-refractivity contribution in [2.45, 2.75) is 12.8 Å². The minimum atomic E-state index is -0.402. The third kappa shape index (κ3) is 3.27. The monoisotopic (exact) mass is 278 g/mol. The van der Waals surface area contributed by atoms with Crippen LogP contribution in [-0.4, -0.2) is 30.7 Å². The molecule has 2 aromatic rings. The third-order valence-corrected chi connectivity index (χ3v) is 3.07. The van der Waals surface area contributed by atoms with Crippen molar-refractivity contribution in [1.82, 2.24) is 9.88 Å². The van der Waals surface area contributed by atoms with Crippen LogP contribution in [0.4, 0.5) is 0 Å². The fourth-order valence-corrected chi connectivity index (χ4v) is 1.97. The van der Waals surface area contributed by atoms with Crippen LogP contribution in [0.5, 0.6) is 0 Å². The number of aromatic nitrogens is 1. The summed E-state index contributed by atoms with van der Waals surface area (Å²) in [4.78, 5) is 23.1. The second-order valence-electron chi connectivity index (χ2n) is 4.60. The molecule has 0 aliphatic carbocycles. The molecule has 1 aromatic heterocycles. The summed E-state index contributed by atoms with van der Waals surface area (Å²) in [6.07, 6.45) is 1.07. The van der Waals surface area contributed by atoms with Crippen LogP contribution >= 0.6 is 0 Å². The molecule has 20 heavy (non-hydrogen) atoms. The first-order valence-corrected chi connectivity index (χ1v) is 6.46. The number of carbonyl (C=O) groups excluding carboxylic acids is 1. The number of amides is 1. The van der Waals surface area contributed by atoms with E-state index in [4.69, 9.17) is 9.15 Å². The van der Waals surface area contributed by atoms with Crippen molar-refractivity contribution >= 4 is 17.0 Å². The summed E-state index contributed by atoms with van der Waals surface area (Å²) in [5.74, 6) is -0.449. The largest absolute Gasteiger partial charge is 0.419 e. The number of nitrogens with zero attached hydrogens (tertiary/aromatic N) is 1. The minimum absolute atomic E-state index is 0.0473. The van der Waals surface area contributed by atoms with Crippen molar-refractivity contribution in [2.24, 2.45) is 7.05 Å². The lowest BCUT2D eigenvalue weighted by atomic mass is 10.1. The number of methoxy groups -OCH3 is 1. The summed E-state index contributed by atoms with van der Waals surface area (Å²) >= 11 is 0. The van der Waals surface area contributed by atoms with Crippen molar-refractivity contribution < 1.29 is 13.9 Å². The van der Waals surface area contributed by atoms with Crippen LogP contribution in [0.25, 0.3) is 11.1 Å². The predicted octanol–water partition coefficient (Wildman–Crippen LogP) is 0.827. The van der Waals surface area contributed by atoms with E-state index in [2.05, 4.69) is 5.32 Å². The van der Waals surface area contributed by atoms with Gasteiger partial charge in [0.1, 0.15) is 0 Å². The summed E-state index contributed by atoms with van der Waals surface area (Å²) in [5.41, 5.74) is 2.07. The molecule has 0 saturated carbocycles. The van der Waals surface area contributed by atoms with Crippen LogP contribution in [0.3, 0.4) is 0 Å². The Morgan fingerprint density at radius 3 is 3.00 bits per heavy atom. The molecule has 1 aromatic carbocycles. The van der Waals surface area contributed by atoms with E-state index >= 15 is 0 Å². The molecule has 0 aliphatic heterocycles. The SMILES string of the molecule is COCCCNC(=O)Cc1ccc2oc(=O)n(C)c2c1. The van der Waals surface area contributed by atoms with Gasteiger partial charge in [0.15, 0.2) is 5.58 Å². The molecule has 1 heterocycles. The molecule has 0 radical (unpaired) electrons. The van der Waals surface area contributed by atoms with Crippen molar-refractivity contribution in [2.75, 3.05) is 20.3 Å². The topological polar surface area (TPSA) is 73.5 Å². The lowest BCUT2D eigenvalue weighted by Gasteiger charge is -2.05. The summed E-state index contributed by atoms with van der Waals surface area (Å²) in [5, 5.41) is 2.82. The van der Waals surface area contributed by atoms with Gasteiger partial charge in [-0.1, -0.05) is 6.07 Å². The van der Waals surface area contributed by atoms with Crippen LogP contribution in [0, 0.1) is 0 Å². The fourth-order valence-electron chi connectivity index (χ4n) is 1.97. The van der Waals surface area contributed by atoms with Crippen molar-refractivity contribution in [3.05, 3.63) is 34.3 Å². The van der Waals surface area contributed by atoms with E-state index in [-0.39, 0.29) is 12.3 Å². The number of nitrogens with one attached hydrogen (secondary N) is 1. The number of oxazole rings is 1. The van der Waals surface area contributed by atoms with E-state index in [1.165, 1.54) is 4.57 Å². The Morgan fingerprint density at radius 2 is 2.25 bits per heavy atom. The summed E-state index contributed by atoms with van der Waals surface area (Å²) in [6, 6.07) is 5.30. The highest BCUT2D eigenvalue weighted by atomic mass is 16.5. The molecular weight excluding hydrogens is 260 g/mol. The Morgan fingerprint density at radius 1 is 1.45 bits per heavy atom. The van der Waals surface area contributed by atoms with Crippen LogP contribution < -0.4 is 11.1 Å². The Bertz CT molecular complexity index is 657. The Balaban J connectivity index is 2.01. The molecule has 0 unspecified atom stereocenters. The van der Waals surface area contributed by atoms with E-state index in [9.17, 15) is 9.59 Å². The van der Waals surface area contributed by atoms with E-state index in [1.54, 1.807) is 32.4 Å². The summed E-state index contributed by atoms with van der Waals surface area (Å²) < 4.78 is 11.4. The molecule has 1 N–H and O–H groups in total. The fraction of sp³-hybridized carbons (Fsp3) is 0.429. The second-order valence-corrected chi connectivity index (χ2v) is 4.60. The number of hydrogen-bond acceptors (Lipinski definition) is 4. The second kappa shape index (κ2) is 6.38. The normalized spacial score (nSPS) is 10.9. The van der Waals surface area contributed by atoms with Gasteiger partial charge in [0.25, 0.3) is 0 Å². The van der Waals surface area contributed by atoms with E-state index in [0.29, 0.717) is 24.3 Å². The molecule has 1 amide bonds. The maximum absolute atomic E-state index is 11.8. The Kier molecular flexibility index (Phi) is 4.57. The van der Waals surface area contributed by atoms with Crippen molar-refractivity contribution in [3.63, 3.8) is 0 Å². The molecule has 0 atom stereocenters. The molecule has 0 fully saturated rings. The quantitative estimate of drug-likeness (QED) is 0.794. The van der Waals surface area contributed by atoms with Gasteiger partial charge in [-0.3, -0.25) is 9.36 Å².